The van der Waals surface area contributed by atoms with E-state index in [1.54, 1.807) is 6.07 Å². The minimum atomic E-state index is 0.0740. The Bertz CT molecular complexity index is 537. The summed E-state index contributed by atoms with van der Waals surface area (Å²) in [5.41, 5.74) is 1.70. The van der Waals surface area contributed by atoms with Crippen LogP contribution in [0.5, 0.6) is 5.88 Å². The van der Waals surface area contributed by atoms with Crippen molar-refractivity contribution in [1.29, 1.82) is 0 Å². The zero-order valence-corrected chi connectivity index (χ0v) is 10.9. The molecule has 0 unspecified atom stereocenters. The van der Waals surface area contributed by atoms with Crippen LogP contribution in [0.4, 0.5) is 0 Å². The lowest BCUT2D eigenvalue weighted by Gasteiger charge is -2.01. The van der Waals surface area contributed by atoms with E-state index in [2.05, 4.69) is 5.10 Å². The smallest absolute Gasteiger partial charge is 0.209 e. The van der Waals surface area contributed by atoms with Gasteiger partial charge in [-0.05, 0) is 0 Å². The highest BCUT2D eigenvalue weighted by atomic mass is 32.2. The molecule has 0 amide bonds. The van der Waals surface area contributed by atoms with E-state index in [0.29, 0.717) is 12.3 Å². The molecule has 0 radical (unpaired) electrons. The van der Waals surface area contributed by atoms with Gasteiger partial charge >= 0.3 is 0 Å². The second-order valence-electron chi connectivity index (χ2n) is 3.82. The Balaban J connectivity index is 2.10. The number of aromatic nitrogens is 2. The summed E-state index contributed by atoms with van der Waals surface area (Å²) in [6.45, 7) is 2.05. The summed E-state index contributed by atoms with van der Waals surface area (Å²) in [6.07, 6.45) is 0. The normalized spacial score (nSPS) is 10.5. The molecule has 0 saturated carbocycles. The molecule has 2 rings (SSSR count). The maximum absolute atomic E-state index is 10.8. The number of aromatic hydroxyl groups is 1. The van der Waals surface area contributed by atoms with Crippen LogP contribution in [0.25, 0.3) is 11.3 Å². The van der Waals surface area contributed by atoms with Crippen molar-refractivity contribution < 1.29 is 9.90 Å². The molecule has 1 aromatic heterocycles. The summed E-state index contributed by atoms with van der Waals surface area (Å²) >= 11 is 1.23. The number of thioether (sulfide) groups is 1. The highest BCUT2D eigenvalue weighted by molar-refractivity contribution is 8.13. The zero-order chi connectivity index (χ0) is 13.0. The molecule has 18 heavy (non-hydrogen) atoms. The quantitative estimate of drug-likeness (QED) is 0.920. The molecule has 5 heteroatoms. The summed E-state index contributed by atoms with van der Waals surface area (Å²) in [4.78, 5) is 10.8. The first-order valence-corrected chi connectivity index (χ1v) is 6.61. The summed E-state index contributed by atoms with van der Waals surface area (Å²) in [7, 11) is 0. The predicted octanol–water partition coefficient (Wildman–Crippen LogP) is 2.54. The number of nitrogens with zero attached hydrogens (tertiary/aromatic N) is 2. The van der Waals surface area contributed by atoms with Gasteiger partial charge in [0, 0.05) is 24.3 Å². The number of carbonyl (C=O) groups excluding carboxylic acids is 1. The molecule has 0 spiro atoms. The number of hydrogen-bond acceptors (Lipinski definition) is 4. The third-order valence-corrected chi connectivity index (χ3v) is 3.23. The van der Waals surface area contributed by atoms with E-state index in [4.69, 9.17) is 0 Å². The van der Waals surface area contributed by atoms with E-state index < -0.39 is 0 Å². The highest BCUT2D eigenvalue weighted by Gasteiger charge is 2.08. The number of aryl methyl sites for hydroxylation is 1. The fourth-order valence-electron chi connectivity index (χ4n) is 1.60. The monoisotopic (exact) mass is 262 g/mol. The Morgan fingerprint density at radius 2 is 2.11 bits per heavy atom. The number of carbonyl (C=O) groups is 1. The van der Waals surface area contributed by atoms with E-state index in [0.717, 1.165) is 11.3 Å². The van der Waals surface area contributed by atoms with E-state index >= 15 is 0 Å². The van der Waals surface area contributed by atoms with Crippen LogP contribution < -0.4 is 0 Å². The Morgan fingerprint density at radius 3 is 2.78 bits per heavy atom. The van der Waals surface area contributed by atoms with E-state index in [1.165, 1.54) is 23.4 Å². The Labute approximate surface area is 110 Å². The van der Waals surface area contributed by atoms with Crippen molar-refractivity contribution in [3.8, 4) is 17.1 Å². The topological polar surface area (TPSA) is 55.1 Å². The van der Waals surface area contributed by atoms with Crippen molar-refractivity contribution in [2.24, 2.45) is 0 Å². The van der Waals surface area contributed by atoms with Gasteiger partial charge in [-0.2, -0.15) is 5.10 Å². The van der Waals surface area contributed by atoms with Gasteiger partial charge in [0.1, 0.15) is 0 Å². The highest BCUT2D eigenvalue weighted by Crippen LogP contribution is 2.22. The zero-order valence-electron chi connectivity index (χ0n) is 10.0. The third-order valence-electron chi connectivity index (χ3n) is 2.44. The Kier molecular flexibility index (Phi) is 4.04. The van der Waals surface area contributed by atoms with Crippen molar-refractivity contribution >= 4 is 16.9 Å². The molecule has 2 aromatic rings. The molecule has 0 fully saturated rings. The van der Waals surface area contributed by atoms with Crippen LogP contribution in [0.2, 0.25) is 0 Å². The van der Waals surface area contributed by atoms with E-state index in [-0.39, 0.29) is 11.0 Å². The van der Waals surface area contributed by atoms with Crippen LogP contribution in [0.3, 0.4) is 0 Å². The van der Waals surface area contributed by atoms with Gasteiger partial charge in [-0.15, -0.1) is 0 Å². The lowest BCUT2D eigenvalue weighted by atomic mass is 10.2. The summed E-state index contributed by atoms with van der Waals surface area (Å²) < 4.78 is 1.51. The number of rotatable bonds is 4. The van der Waals surface area contributed by atoms with Crippen molar-refractivity contribution in [3.05, 3.63) is 36.4 Å². The lowest BCUT2D eigenvalue weighted by Crippen LogP contribution is -2.03. The molecule has 0 aliphatic heterocycles. The first-order chi connectivity index (χ1) is 8.66. The van der Waals surface area contributed by atoms with Crippen molar-refractivity contribution in [2.75, 3.05) is 5.75 Å². The summed E-state index contributed by atoms with van der Waals surface area (Å²) in [6, 6.07) is 11.3. The summed E-state index contributed by atoms with van der Waals surface area (Å²) in [5, 5.41) is 14.2. The first kappa shape index (κ1) is 12.7. The molecule has 1 aromatic carbocycles. The molecular formula is C13H14N2O2S. The van der Waals surface area contributed by atoms with Crippen LogP contribution in [0, 0.1) is 0 Å². The largest absolute Gasteiger partial charge is 0.493 e. The first-order valence-electron chi connectivity index (χ1n) is 5.62. The average Bonchev–Trinajstić information content (AvgIpc) is 2.72. The molecule has 0 bridgehead atoms. The van der Waals surface area contributed by atoms with Crippen LogP contribution in [0.15, 0.2) is 36.4 Å². The minimum Gasteiger partial charge on any atom is -0.493 e. The van der Waals surface area contributed by atoms with Gasteiger partial charge in [-0.1, -0.05) is 42.1 Å². The van der Waals surface area contributed by atoms with Gasteiger partial charge in [0.2, 0.25) is 5.88 Å². The van der Waals surface area contributed by atoms with Crippen LogP contribution >= 0.6 is 11.8 Å². The lowest BCUT2D eigenvalue weighted by molar-refractivity contribution is -0.109. The van der Waals surface area contributed by atoms with Gasteiger partial charge in [-0.3, -0.25) is 4.79 Å². The maximum atomic E-state index is 10.8. The third kappa shape index (κ3) is 3.13. The van der Waals surface area contributed by atoms with Crippen molar-refractivity contribution in [1.82, 2.24) is 9.78 Å². The molecule has 0 atom stereocenters. The average molecular weight is 262 g/mol. The molecular weight excluding hydrogens is 248 g/mol. The standard InChI is InChI=1S/C13H14N2O2S/c1-10(16)18-8-7-15-13(17)9-12(14-15)11-5-3-2-4-6-11/h2-6,9,17H,7-8H2,1H3. The van der Waals surface area contributed by atoms with Gasteiger partial charge in [0.25, 0.3) is 0 Å². The van der Waals surface area contributed by atoms with Crippen LogP contribution in [-0.4, -0.2) is 25.8 Å². The fourth-order valence-corrected chi connectivity index (χ4v) is 2.15. The molecule has 4 nitrogen and oxygen atoms in total. The Morgan fingerprint density at radius 1 is 1.39 bits per heavy atom. The second kappa shape index (κ2) is 5.73. The summed E-state index contributed by atoms with van der Waals surface area (Å²) in [5.74, 6) is 0.733. The SMILES string of the molecule is CC(=O)SCCn1nc(-c2ccccc2)cc1O. The molecule has 0 saturated heterocycles. The minimum absolute atomic E-state index is 0.0740. The second-order valence-corrected chi connectivity index (χ2v) is 5.09. The van der Waals surface area contributed by atoms with Crippen molar-refractivity contribution in [2.45, 2.75) is 13.5 Å². The van der Waals surface area contributed by atoms with Gasteiger partial charge < -0.3 is 5.11 Å². The number of hydrogen-bond donors (Lipinski definition) is 1. The van der Waals surface area contributed by atoms with E-state index in [9.17, 15) is 9.90 Å². The fraction of sp³-hybridized carbons (Fsp3) is 0.231. The number of benzene rings is 1. The molecule has 1 N–H and O–H groups in total. The molecule has 0 aliphatic rings. The molecule has 1 heterocycles. The molecule has 94 valence electrons. The van der Waals surface area contributed by atoms with E-state index in [1.807, 2.05) is 30.3 Å². The molecule has 0 aliphatic carbocycles. The van der Waals surface area contributed by atoms with Crippen molar-refractivity contribution in [3.63, 3.8) is 0 Å². The predicted molar refractivity (Wildman–Crippen MR) is 72.5 cm³/mol. The van der Waals surface area contributed by atoms with Gasteiger partial charge in [-0.25, -0.2) is 4.68 Å². The maximum Gasteiger partial charge on any atom is 0.209 e. The van der Waals surface area contributed by atoms with Gasteiger partial charge in [0.15, 0.2) is 5.12 Å². The van der Waals surface area contributed by atoms with Gasteiger partial charge in [0.05, 0.1) is 12.2 Å². The van der Waals surface area contributed by atoms with Crippen LogP contribution in [-0.2, 0) is 11.3 Å². The van der Waals surface area contributed by atoms with Crippen LogP contribution in [0.1, 0.15) is 6.92 Å². The Hall–Kier alpha value is -1.75.